The number of esters is 2. The third-order valence-electron chi connectivity index (χ3n) is 16.7. The summed E-state index contributed by atoms with van der Waals surface area (Å²) in [5.41, 5.74) is 0. The van der Waals surface area contributed by atoms with E-state index < -0.39 is 26.5 Å². The molecule has 0 bridgehead atoms. The number of hydrogen-bond acceptors (Lipinski definition) is 7. The van der Waals surface area contributed by atoms with Gasteiger partial charge in [0.25, 0.3) is 0 Å². The first kappa shape index (κ1) is 81.5. The molecule has 0 fully saturated rings. The zero-order valence-corrected chi connectivity index (χ0v) is 57.1. The molecule has 0 aliphatic carbocycles. The number of hydrogen-bond donors (Lipinski definition) is 1. The van der Waals surface area contributed by atoms with Crippen LogP contribution in [0.15, 0.2) is 24.3 Å². The van der Waals surface area contributed by atoms with Crippen LogP contribution in [0.5, 0.6) is 0 Å². The van der Waals surface area contributed by atoms with Crippen LogP contribution in [0, 0.1) is 0 Å². The highest BCUT2D eigenvalue weighted by molar-refractivity contribution is 7.47. The molecule has 0 rings (SSSR count). The van der Waals surface area contributed by atoms with E-state index in [1.807, 2.05) is 21.1 Å². The first-order valence-electron chi connectivity index (χ1n) is 36.6. The fraction of sp³-hybridized carbons (Fsp3) is 0.918. The van der Waals surface area contributed by atoms with Crippen LogP contribution < -0.4 is 0 Å². The molecule has 1 N–H and O–H groups in total. The third kappa shape index (κ3) is 69.5. The predicted molar refractivity (Wildman–Crippen MR) is 358 cm³/mol. The Kier molecular flexibility index (Phi) is 63.8. The van der Waals surface area contributed by atoms with E-state index in [0.29, 0.717) is 17.4 Å². The van der Waals surface area contributed by atoms with Gasteiger partial charge < -0.3 is 18.9 Å². The Morgan fingerprint density at radius 3 is 0.952 bits per heavy atom. The summed E-state index contributed by atoms with van der Waals surface area (Å²) < 4.78 is 34.8. The van der Waals surface area contributed by atoms with Crippen molar-refractivity contribution >= 4 is 19.8 Å². The van der Waals surface area contributed by atoms with E-state index >= 15 is 0 Å². The van der Waals surface area contributed by atoms with Gasteiger partial charge in [-0.3, -0.25) is 18.6 Å². The lowest BCUT2D eigenvalue weighted by Crippen LogP contribution is -2.37. The highest BCUT2D eigenvalue weighted by Gasteiger charge is 2.27. The number of ether oxygens (including phenoxy) is 2. The van der Waals surface area contributed by atoms with E-state index in [-0.39, 0.29) is 25.6 Å². The van der Waals surface area contributed by atoms with Gasteiger partial charge in [0, 0.05) is 12.8 Å². The molecular weight excluding hydrogens is 1050 g/mol. The average molecular weight is 1190 g/mol. The van der Waals surface area contributed by atoms with Gasteiger partial charge in [0.1, 0.15) is 19.8 Å². The molecule has 0 aliphatic heterocycles. The quantitative estimate of drug-likeness (QED) is 0.0211. The lowest BCUT2D eigenvalue weighted by atomic mass is 10.0. The van der Waals surface area contributed by atoms with Crippen LogP contribution in [0.4, 0.5) is 0 Å². The van der Waals surface area contributed by atoms with Crippen LogP contribution >= 0.6 is 7.82 Å². The highest BCUT2D eigenvalue weighted by atomic mass is 31.2. The molecule has 0 aromatic heterocycles. The van der Waals surface area contributed by atoms with Gasteiger partial charge in [-0.15, -0.1) is 0 Å². The zero-order valence-electron chi connectivity index (χ0n) is 56.2. The molecule has 2 unspecified atom stereocenters. The van der Waals surface area contributed by atoms with Gasteiger partial charge >= 0.3 is 19.8 Å². The minimum Gasteiger partial charge on any atom is -0.462 e. The smallest absolute Gasteiger partial charge is 0.462 e. The summed E-state index contributed by atoms with van der Waals surface area (Å²) in [4.78, 5) is 35.9. The molecule has 0 aliphatic rings. The normalized spacial score (nSPS) is 13.2. The molecule has 0 heterocycles. The second-order valence-electron chi connectivity index (χ2n) is 26.3. The summed E-state index contributed by atoms with van der Waals surface area (Å²) in [6.07, 6.45) is 81.6. The number of carbonyl (C=O) groups is 2. The number of quaternary nitrogens is 1. The van der Waals surface area contributed by atoms with E-state index in [1.165, 1.54) is 308 Å². The number of nitrogens with zero attached hydrogens (tertiary/aromatic N) is 1. The maximum absolute atomic E-state index is 12.9. The van der Waals surface area contributed by atoms with Crippen LogP contribution in [-0.4, -0.2) is 74.9 Å². The van der Waals surface area contributed by atoms with Gasteiger partial charge in [-0.2, -0.15) is 0 Å². The molecule has 0 saturated heterocycles. The molecular formula is C73H143NO8P+. The maximum atomic E-state index is 12.9. The Morgan fingerprint density at radius 2 is 0.651 bits per heavy atom. The number of phosphoric acid groups is 1. The third-order valence-corrected chi connectivity index (χ3v) is 17.7. The van der Waals surface area contributed by atoms with E-state index in [9.17, 15) is 19.0 Å². The van der Waals surface area contributed by atoms with Crippen molar-refractivity contribution in [2.75, 3.05) is 47.5 Å². The molecule has 0 radical (unpaired) electrons. The monoisotopic (exact) mass is 1190 g/mol. The SMILES string of the molecule is CCCCCCC/C=C\C/C=C\CCCCCCCCCCCCCCCCCCCCCCCC(=O)OC(COC(=O)CCCCCCCCCCCCCCCCCCCCCCCCCCCC)COP(=O)(O)OCC[N+](C)(C)C. The fourth-order valence-corrected chi connectivity index (χ4v) is 11.9. The Labute approximate surface area is 517 Å². The van der Waals surface area contributed by atoms with Crippen molar-refractivity contribution < 1.29 is 42.1 Å². The second-order valence-corrected chi connectivity index (χ2v) is 27.8. The van der Waals surface area contributed by atoms with Gasteiger partial charge in [0.05, 0.1) is 27.7 Å². The van der Waals surface area contributed by atoms with Gasteiger partial charge in [-0.1, -0.05) is 346 Å². The first-order valence-corrected chi connectivity index (χ1v) is 38.1. The molecule has 0 amide bonds. The Hall–Kier alpha value is -1.51. The highest BCUT2D eigenvalue weighted by Crippen LogP contribution is 2.43. The molecule has 10 heteroatoms. The summed E-state index contributed by atoms with van der Waals surface area (Å²) in [7, 11) is 1.50. The molecule has 9 nitrogen and oxygen atoms in total. The Balaban J connectivity index is 3.96. The topological polar surface area (TPSA) is 108 Å². The number of carbonyl (C=O) groups excluding carboxylic acids is 2. The Morgan fingerprint density at radius 1 is 0.373 bits per heavy atom. The van der Waals surface area contributed by atoms with Crippen molar-refractivity contribution in [3.05, 3.63) is 24.3 Å². The van der Waals surface area contributed by atoms with Crippen molar-refractivity contribution in [1.29, 1.82) is 0 Å². The van der Waals surface area contributed by atoms with Crippen molar-refractivity contribution in [3.8, 4) is 0 Å². The summed E-state index contributed by atoms with van der Waals surface area (Å²) >= 11 is 0. The molecule has 0 aromatic rings. The summed E-state index contributed by atoms with van der Waals surface area (Å²) in [6, 6.07) is 0. The largest absolute Gasteiger partial charge is 0.472 e. The van der Waals surface area contributed by atoms with E-state index in [2.05, 4.69) is 38.2 Å². The van der Waals surface area contributed by atoms with Gasteiger partial charge in [0.2, 0.25) is 0 Å². The second kappa shape index (κ2) is 64.9. The number of allylic oxidation sites excluding steroid dienone is 4. The van der Waals surface area contributed by atoms with Gasteiger partial charge in [-0.05, 0) is 44.9 Å². The van der Waals surface area contributed by atoms with Crippen molar-refractivity contribution in [2.45, 2.75) is 386 Å². The van der Waals surface area contributed by atoms with E-state index in [1.54, 1.807) is 0 Å². The number of likely N-dealkylation sites (N-methyl/N-ethyl adjacent to an activating group) is 1. The van der Waals surface area contributed by atoms with Crippen LogP contribution in [0.3, 0.4) is 0 Å². The lowest BCUT2D eigenvalue weighted by molar-refractivity contribution is -0.870. The Bertz CT molecular complexity index is 1450. The van der Waals surface area contributed by atoms with Gasteiger partial charge in [-0.25, -0.2) is 4.57 Å². The van der Waals surface area contributed by atoms with Crippen molar-refractivity contribution in [1.82, 2.24) is 0 Å². The molecule has 492 valence electrons. The standard InChI is InChI=1S/C73H142NO8P/c1-6-8-10-12-14-16-18-20-22-24-26-28-30-32-34-35-36-37-38-39-40-42-44-46-48-50-52-54-56-58-60-62-64-66-73(76)82-71(70-81-83(77,78)80-68-67-74(3,4)5)69-79-72(75)65-63-61-59-57-55-53-51-49-47-45-43-41-33-31-29-27-25-23-21-19-17-15-13-11-9-7-2/h18,20,24,26,71H,6-17,19,21-23,25,27-70H2,1-5H3/p+1/b20-18-,26-24-. The van der Waals surface area contributed by atoms with Crippen LogP contribution in [-0.2, 0) is 32.7 Å². The van der Waals surface area contributed by atoms with Crippen molar-refractivity contribution in [3.63, 3.8) is 0 Å². The van der Waals surface area contributed by atoms with E-state index in [0.717, 1.165) is 44.9 Å². The van der Waals surface area contributed by atoms with Crippen LogP contribution in [0.2, 0.25) is 0 Å². The minimum atomic E-state index is -4.39. The maximum Gasteiger partial charge on any atom is 0.472 e. The van der Waals surface area contributed by atoms with E-state index in [4.69, 9.17) is 18.5 Å². The summed E-state index contributed by atoms with van der Waals surface area (Å²) in [6.45, 7) is 4.51. The molecule has 0 aromatic carbocycles. The number of rotatable bonds is 69. The molecule has 0 saturated carbocycles. The minimum absolute atomic E-state index is 0.0360. The van der Waals surface area contributed by atoms with Gasteiger partial charge in [0.15, 0.2) is 6.10 Å². The number of phosphoric ester groups is 1. The molecule has 2 atom stereocenters. The first-order chi connectivity index (χ1) is 40.5. The molecule has 0 spiro atoms. The molecule has 83 heavy (non-hydrogen) atoms. The van der Waals surface area contributed by atoms with Crippen molar-refractivity contribution in [2.24, 2.45) is 0 Å². The lowest BCUT2D eigenvalue weighted by Gasteiger charge is -2.24. The summed E-state index contributed by atoms with van der Waals surface area (Å²) in [5, 5.41) is 0. The fourth-order valence-electron chi connectivity index (χ4n) is 11.1. The summed E-state index contributed by atoms with van der Waals surface area (Å²) in [5.74, 6) is -0.771. The van der Waals surface area contributed by atoms with Crippen LogP contribution in [0.25, 0.3) is 0 Å². The number of unbranched alkanes of at least 4 members (excludes halogenated alkanes) is 51. The average Bonchev–Trinajstić information content (AvgIpc) is 3.48. The zero-order chi connectivity index (χ0) is 60.5. The predicted octanol–water partition coefficient (Wildman–Crippen LogP) is 23.7. The van der Waals surface area contributed by atoms with Crippen LogP contribution in [0.1, 0.15) is 380 Å².